The molecule has 0 fully saturated rings. The van der Waals surface area contributed by atoms with Gasteiger partial charge in [0.25, 0.3) is 5.69 Å². The first-order valence-corrected chi connectivity index (χ1v) is 5.41. The van der Waals surface area contributed by atoms with Crippen LogP contribution in [0, 0.1) is 17.0 Å². The molecule has 5 heteroatoms. The van der Waals surface area contributed by atoms with Crippen LogP contribution in [0.3, 0.4) is 0 Å². The van der Waals surface area contributed by atoms with Gasteiger partial charge in [0.2, 0.25) is 0 Å². The Hall–Kier alpha value is -2.17. The Morgan fingerprint density at radius 3 is 2.82 bits per heavy atom. The van der Waals surface area contributed by atoms with Crippen LogP contribution in [0.2, 0.25) is 0 Å². The number of nitrogens with zero attached hydrogens (tertiary/aromatic N) is 2. The van der Waals surface area contributed by atoms with E-state index in [1.807, 2.05) is 19.9 Å². The lowest BCUT2D eigenvalue weighted by atomic mass is 10.1. The molecule has 2 rings (SSSR count). The summed E-state index contributed by atoms with van der Waals surface area (Å²) in [5.74, 6) is 0.798. The fourth-order valence-electron chi connectivity index (χ4n) is 1.77. The van der Waals surface area contributed by atoms with Crippen molar-refractivity contribution in [1.82, 2.24) is 4.98 Å². The van der Waals surface area contributed by atoms with E-state index in [-0.39, 0.29) is 5.69 Å². The van der Waals surface area contributed by atoms with Crippen LogP contribution in [0.15, 0.2) is 24.3 Å². The lowest BCUT2D eigenvalue weighted by molar-refractivity contribution is -0.384. The van der Waals surface area contributed by atoms with Gasteiger partial charge in [0.15, 0.2) is 0 Å². The first kappa shape index (κ1) is 11.3. The Kier molecular flexibility index (Phi) is 2.91. The molecule has 0 saturated heterocycles. The molecule has 0 atom stereocenters. The molecule has 5 nitrogen and oxygen atoms in total. The number of anilines is 1. The number of aryl methyl sites for hydroxylation is 1. The fourth-order valence-corrected chi connectivity index (χ4v) is 1.77. The molecule has 1 heterocycles. The summed E-state index contributed by atoms with van der Waals surface area (Å²) in [6.45, 7) is 4.72. The van der Waals surface area contributed by atoms with Gasteiger partial charge in [-0.15, -0.1) is 0 Å². The van der Waals surface area contributed by atoms with Gasteiger partial charge in [0.05, 0.1) is 10.4 Å². The van der Waals surface area contributed by atoms with E-state index in [2.05, 4.69) is 10.3 Å². The van der Waals surface area contributed by atoms with Gasteiger partial charge in [-0.3, -0.25) is 10.1 Å². The van der Waals surface area contributed by atoms with Crippen molar-refractivity contribution in [1.29, 1.82) is 0 Å². The molecule has 1 aromatic heterocycles. The highest BCUT2D eigenvalue weighted by molar-refractivity contribution is 5.85. The van der Waals surface area contributed by atoms with Crippen LogP contribution in [0.25, 0.3) is 10.9 Å². The first-order valence-electron chi connectivity index (χ1n) is 5.41. The number of nitro groups is 1. The average Bonchev–Trinajstić information content (AvgIpc) is 2.29. The van der Waals surface area contributed by atoms with Crippen LogP contribution in [-0.2, 0) is 0 Å². The van der Waals surface area contributed by atoms with E-state index in [1.165, 1.54) is 6.07 Å². The minimum absolute atomic E-state index is 0.0959. The molecule has 0 aliphatic heterocycles. The van der Waals surface area contributed by atoms with Crippen molar-refractivity contribution in [3.05, 3.63) is 39.9 Å². The predicted molar refractivity (Wildman–Crippen MR) is 67.3 cm³/mol. The molecule has 0 aliphatic rings. The number of aromatic nitrogens is 1. The number of hydrogen-bond donors (Lipinski definition) is 1. The van der Waals surface area contributed by atoms with Crippen LogP contribution in [0.1, 0.15) is 12.5 Å². The minimum Gasteiger partial charge on any atom is -0.370 e. The number of nitrogens with one attached hydrogen (secondary N) is 1. The number of nitro benzene ring substituents is 1. The Labute approximate surface area is 98.6 Å². The minimum atomic E-state index is -0.392. The van der Waals surface area contributed by atoms with E-state index in [9.17, 15) is 10.1 Å². The summed E-state index contributed by atoms with van der Waals surface area (Å²) in [4.78, 5) is 14.7. The maximum atomic E-state index is 10.7. The highest BCUT2D eigenvalue weighted by Crippen LogP contribution is 2.24. The third-order valence-corrected chi connectivity index (χ3v) is 2.57. The maximum absolute atomic E-state index is 10.7. The van der Waals surface area contributed by atoms with Gasteiger partial charge in [-0.25, -0.2) is 4.98 Å². The molecule has 1 aromatic carbocycles. The number of pyridine rings is 1. The molecule has 0 radical (unpaired) electrons. The first-order chi connectivity index (χ1) is 8.11. The third kappa shape index (κ3) is 2.18. The standard InChI is InChI=1S/C12H13N3O2/c1-3-13-12-6-8(2)10-7-9(15(16)17)4-5-11(10)14-12/h4-7H,3H2,1-2H3,(H,13,14). The molecule has 1 N–H and O–H groups in total. The summed E-state index contributed by atoms with van der Waals surface area (Å²) in [5.41, 5.74) is 1.85. The van der Waals surface area contributed by atoms with Crippen molar-refractivity contribution in [2.24, 2.45) is 0 Å². The molecular formula is C12H13N3O2. The van der Waals surface area contributed by atoms with Crippen molar-refractivity contribution in [3.63, 3.8) is 0 Å². The summed E-state index contributed by atoms with van der Waals surface area (Å²) in [6, 6.07) is 6.62. The topological polar surface area (TPSA) is 68.1 Å². The summed E-state index contributed by atoms with van der Waals surface area (Å²) in [7, 11) is 0. The van der Waals surface area contributed by atoms with Crippen molar-refractivity contribution in [3.8, 4) is 0 Å². The second kappa shape index (κ2) is 4.37. The molecule has 0 unspecified atom stereocenters. The Bertz CT molecular complexity index is 581. The van der Waals surface area contributed by atoms with Gasteiger partial charge in [0, 0.05) is 24.1 Å². The van der Waals surface area contributed by atoms with Crippen LogP contribution in [0.5, 0.6) is 0 Å². The largest absolute Gasteiger partial charge is 0.370 e. The van der Waals surface area contributed by atoms with Gasteiger partial charge >= 0.3 is 0 Å². The third-order valence-electron chi connectivity index (χ3n) is 2.57. The van der Waals surface area contributed by atoms with Gasteiger partial charge in [0.1, 0.15) is 5.82 Å². The Morgan fingerprint density at radius 2 is 2.18 bits per heavy atom. The van der Waals surface area contributed by atoms with Gasteiger partial charge in [-0.1, -0.05) is 0 Å². The smallest absolute Gasteiger partial charge is 0.270 e. The molecule has 0 bridgehead atoms. The van der Waals surface area contributed by atoms with Crippen molar-refractivity contribution in [2.45, 2.75) is 13.8 Å². The second-order valence-corrected chi connectivity index (χ2v) is 3.81. The van der Waals surface area contributed by atoms with Gasteiger partial charge in [-0.05, 0) is 31.5 Å². The zero-order valence-corrected chi connectivity index (χ0v) is 9.73. The van der Waals surface area contributed by atoms with Crippen LogP contribution >= 0.6 is 0 Å². The fraction of sp³-hybridized carbons (Fsp3) is 0.250. The van der Waals surface area contributed by atoms with Crippen LogP contribution in [-0.4, -0.2) is 16.5 Å². The van der Waals surface area contributed by atoms with E-state index in [4.69, 9.17) is 0 Å². The van der Waals surface area contributed by atoms with E-state index in [0.717, 1.165) is 28.8 Å². The Morgan fingerprint density at radius 1 is 1.41 bits per heavy atom. The summed E-state index contributed by atoms with van der Waals surface area (Å²) in [6.07, 6.45) is 0. The zero-order chi connectivity index (χ0) is 12.4. The average molecular weight is 231 g/mol. The molecule has 17 heavy (non-hydrogen) atoms. The highest BCUT2D eigenvalue weighted by atomic mass is 16.6. The quantitative estimate of drug-likeness (QED) is 0.651. The maximum Gasteiger partial charge on any atom is 0.270 e. The number of rotatable bonds is 3. The van der Waals surface area contributed by atoms with Crippen LogP contribution < -0.4 is 5.32 Å². The Balaban J connectivity index is 2.60. The SMILES string of the molecule is CCNc1cc(C)c2cc([N+](=O)[O-])ccc2n1. The van der Waals surface area contributed by atoms with Crippen LogP contribution in [0.4, 0.5) is 11.5 Å². The van der Waals surface area contributed by atoms with E-state index >= 15 is 0 Å². The molecule has 0 aliphatic carbocycles. The molecule has 88 valence electrons. The second-order valence-electron chi connectivity index (χ2n) is 3.81. The highest BCUT2D eigenvalue weighted by Gasteiger charge is 2.09. The molecule has 0 amide bonds. The number of hydrogen-bond acceptors (Lipinski definition) is 4. The summed E-state index contributed by atoms with van der Waals surface area (Å²) in [5, 5.41) is 14.7. The number of fused-ring (bicyclic) bond motifs is 1. The summed E-state index contributed by atoms with van der Waals surface area (Å²) < 4.78 is 0. The molecular weight excluding hydrogens is 218 g/mol. The van der Waals surface area contributed by atoms with Gasteiger partial charge in [-0.2, -0.15) is 0 Å². The van der Waals surface area contributed by atoms with Gasteiger partial charge < -0.3 is 5.32 Å². The van der Waals surface area contributed by atoms with E-state index in [1.54, 1.807) is 12.1 Å². The lowest BCUT2D eigenvalue weighted by Gasteiger charge is -2.07. The zero-order valence-electron chi connectivity index (χ0n) is 9.73. The number of benzene rings is 1. The predicted octanol–water partition coefficient (Wildman–Crippen LogP) is 2.88. The van der Waals surface area contributed by atoms with Crippen molar-refractivity contribution in [2.75, 3.05) is 11.9 Å². The van der Waals surface area contributed by atoms with Crippen molar-refractivity contribution < 1.29 is 4.92 Å². The van der Waals surface area contributed by atoms with E-state index < -0.39 is 4.92 Å². The monoisotopic (exact) mass is 231 g/mol. The normalized spacial score (nSPS) is 10.5. The van der Waals surface area contributed by atoms with Crippen molar-refractivity contribution >= 4 is 22.4 Å². The molecule has 0 saturated carbocycles. The molecule has 2 aromatic rings. The van der Waals surface area contributed by atoms with E-state index in [0.29, 0.717) is 0 Å². The lowest BCUT2D eigenvalue weighted by Crippen LogP contribution is -2.00. The number of non-ortho nitro benzene ring substituents is 1. The summed E-state index contributed by atoms with van der Waals surface area (Å²) >= 11 is 0. The molecule has 0 spiro atoms.